The number of nitrogens with zero attached hydrogens (tertiary/aromatic N) is 4. The van der Waals surface area contributed by atoms with Crippen molar-refractivity contribution in [1.82, 2.24) is 25.5 Å². The van der Waals surface area contributed by atoms with Gasteiger partial charge in [0.15, 0.2) is 0 Å². The molecule has 2 heterocycles. The van der Waals surface area contributed by atoms with Crippen molar-refractivity contribution in [3.05, 3.63) is 78.3 Å². The maximum Gasteiger partial charge on any atom is 0.214 e. The highest BCUT2D eigenvalue weighted by Crippen LogP contribution is 2.22. The molecule has 0 unspecified atom stereocenters. The molecule has 4 aromatic rings. The Bertz CT molecular complexity index is 1020. The minimum Gasteiger partial charge on any atom is -1.00 e. The third-order valence-electron chi connectivity index (χ3n) is 4.04. The van der Waals surface area contributed by atoms with Crippen molar-refractivity contribution >= 4 is 11.8 Å². The number of hydrogen-bond donors (Lipinski definition) is 1. The van der Waals surface area contributed by atoms with E-state index in [9.17, 15) is 4.39 Å². The fourth-order valence-corrected chi connectivity index (χ4v) is 3.46. The molecule has 0 aliphatic heterocycles. The lowest BCUT2D eigenvalue weighted by atomic mass is 10.2. The molecule has 0 aliphatic carbocycles. The van der Waals surface area contributed by atoms with Crippen LogP contribution in [0, 0.1) is 5.82 Å². The van der Waals surface area contributed by atoms with Crippen molar-refractivity contribution in [2.24, 2.45) is 0 Å². The molecule has 0 spiro atoms. The first kappa shape index (κ1) is 21.0. The smallest absolute Gasteiger partial charge is 0.214 e. The molecule has 0 amide bonds. The van der Waals surface area contributed by atoms with Crippen LogP contribution >= 0.6 is 11.8 Å². The maximum atomic E-state index is 13.0. The number of nitrogens with one attached hydrogen (secondary N) is 1. The molecule has 4 rings (SSSR count). The van der Waals surface area contributed by atoms with Gasteiger partial charge < -0.3 is 22.1 Å². The van der Waals surface area contributed by atoms with Gasteiger partial charge in [0, 0.05) is 17.9 Å². The summed E-state index contributed by atoms with van der Waals surface area (Å²) >= 11 is 1.59. The second-order valence-corrected chi connectivity index (χ2v) is 7.07. The van der Waals surface area contributed by atoms with Crippen LogP contribution in [0.2, 0.25) is 0 Å². The molecule has 2 aromatic carbocycles. The summed E-state index contributed by atoms with van der Waals surface area (Å²) in [5, 5.41) is 16.0. The molecule has 29 heavy (non-hydrogen) atoms. The zero-order chi connectivity index (χ0) is 19.2. The van der Waals surface area contributed by atoms with Gasteiger partial charge in [-0.15, -0.1) is 5.10 Å². The van der Waals surface area contributed by atoms with Crippen LogP contribution in [0.4, 0.5) is 4.39 Å². The minimum absolute atomic E-state index is 0. The molecule has 1 N–H and O–H groups in total. The molecule has 0 bridgehead atoms. The second kappa shape index (κ2) is 10.2. The van der Waals surface area contributed by atoms with Crippen LogP contribution in [0.3, 0.4) is 0 Å². The Balaban J connectivity index is 0.00000240. The first-order chi connectivity index (χ1) is 13.8. The predicted molar refractivity (Wildman–Crippen MR) is 106 cm³/mol. The molecular weight excluding hydrogens is 413 g/mol. The van der Waals surface area contributed by atoms with Crippen LogP contribution in [0.15, 0.2) is 76.3 Å². The summed E-state index contributed by atoms with van der Waals surface area (Å²) < 4.78 is 20.6. The van der Waals surface area contributed by atoms with Crippen molar-refractivity contribution in [2.75, 3.05) is 12.3 Å². The minimum atomic E-state index is -0.256. The van der Waals surface area contributed by atoms with Crippen molar-refractivity contribution in [1.29, 1.82) is 0 Å². The van der Waals surface area contributed by atoms with Crippen LogP contribution < -0.4 is 17.7 Å². The Morgan fingerprint density at radius 3 is 2.59 bits per heavy atom. The Hall–Kier alpha value is -2.68. The lowest BCUT2D eigenvalue weighted by Crippen LogP contribution is -3.00. The summed E-state index contributed by atoms with van der Waals surface area (Å²) in [6.07, 6.45) is 0. The van der Waals surface area contributed by atoms with Crippen LogP contribution in [0.1, 0.15) is 5.76 Å². The molecule has 6 nitrogen and oxygen atoms in total. The van der Waals surface area contributed by atoms with Crippen LogP contribution in [-0.2, 0) is 6.54 Å². The van der Waals surface area contributed by atoms with Gasteiger partial charge in [-0.25, -0.2) is 4.39 Å². The number of halogens is 2. The molecule has 2 aromatic heterocycles. The lowest BCUT2D eigenvalue weighted by Gasteiger charge is -2.04. The fourth-order valence-electron chi connectivity index (χ4n) is 2.67. The highest BCUT2D eigenvalue weighted by molar-refractivity contribution is 7.99. The summed E-state index contributed by atoms with van der Waals surface area (Å²) in [6.45, 7) is 1.39. The number of thioether (sulfide) groups is 1. The third-order valence-corrected chi connectivity index (χ3v) is 4.96. The Morgan fingerprint density at radius 2 is 1.79 bits per heavy atom. The van der Waals surface area contributed by atoms with E-state index in [2.05, 4.69) is 20.8 Å². The number of para-hydroxylation sites is 1. The van der Waals surface area contributed by atoms with E-state index in [0.29, 0.717) is 6.54 Å². The Morgan fingerprint density at radius 1 is 1.00 bits per heavy atom. The SMILES string of the molecule is Fc1ccc(-c2ccc(CNCCSc3nnnn3-c3ccccc3)o2)cc1.[Cl-]. The van der Waals surface area contributed by atoms with Crippen molar-refractivity contribution < 1.29 is 21.2 Å². The first-order valence-corrected chi connectivity index (χ1v) is 9.80. The predicted octanol–water partition coefficient (Wildman–Crippen LogP) is 0.947. The van der Waals surface area contributed by atoms with Gasteiger partial charge in [-0.05, 0) is 59.0 Å². The van der Waals surface area contributed by atoms with Gasteiger partial charge in [-0.1, -0.05) is 30.0 Å². The number of rotatable bonds is 8. The molecule has 0 aliphatic rings. The van der Waals surface area contributed by atoms with Crippen LogP contribution in [0.5, 0.6) is 0 Å². The van der Waals surface area contributed by atoms with E-state index in [1.165, 1.54) is 12.1 Å². The van der Waals surface area contributed by atoms with Gasteiger partial charge in [0.2, 0.25) is 5.16 Å². The molecule has 150 valence electrons. The Labute approximate surface area is 177 Å². The summed E-state index contributed by atoms with van der Waals surface area (Å²) in [5.41, 5.74) is 1.79. The zero-order valence-electron chi connectivity index (χ0n) is 15.3. The van der Waals surface area contributed by atoms with Gasteiger partial charge in [0.1, 0.15) is 17.3 Å². The third kappa shape index (κ3) is 5.44. The number of aromatic nitrogens is 4. The standard InChI is InChI=1S/C20H18FN5OS.ClH/c21-16-8-6-15(7-9-16)19-11-10-18(27-19)14-22-12-13-28-20-23-24-25-26(20)17-4-2-1-3-5-17;/h1-11,22H,12-14H2;1H/p-1. The molecule has 0 saturated heterocycles. The monoisotopic (exact) mass is 430 g/mol. The summed E-state index contributed by atoms with van der Waals surface area (Å²) in [5.74, 6) is 2.12. The number of benzene rings is 2. The normalized spacial score (nSPS) is 10.7. The van der Waals surface area contributed by atoms with Crippen molar-refractivity contribution in [3.8, 4) is 17.0 Å². The maximum absolute atomic E-state index is 13.0. The molecule has 0 saturated carbocycles. The van der Waals surface area contributed by atoms with E-state index in [1.807, 2.05) is 42.5 Å². The highest BCUT2D eigenvalue weighted by atomic mass is 35.5. The quantitative estimate of drug-likeness (QED) is 0.331. The van der Waals surface area contributed by atoms with E-state index in [0.717, 1.165) is 40.2 Å². The molecule has 9 heteroatoms. The van der Waals surface area contributed by atoms with Crippen LogP contribution in [-0.4, -0.2) is 32.5 Å². The van der Waals surface area contributed by atoms with Gasteiger partial charge in [0.05, 0.1) is 12.2 Å². The van der Waals surface area contributed by atoms with Gasteiger partial charge >= 0.3 is 0 Å². The van der Waals surface area contributed by atoms with Gasteiger partial charge in [-0.2, -0.15) is 4.68 Å². The lowest BCUT2D eigenvalue weighted by molar-refractivity contribution is -0.00000688. The number of tetrazole rings is 1. The average molecular weight is 431 g/mol. The van der Waals surface area contributed by atoms with Gasteiger partial charge in [-0.3, -0.25) is 0 Å². The second-order valence-electron chi connectivity index (χ2n) is 6.01. The zero-order valence-corrected chi connectivity index (χ0v) is 16.9. The molecule has 0 radical (unpaired) electrons. The van der Waals surface area contributed by atoms with E-state index < -0.39 is 0 Å². The largest absolute Gasteiger partial charge is 1.00 e. The van der Waals surface area contributed by atoms with Crippen molar-refractivity contribution in [3.63, 3.8) is 0 Å². The summed E-state index contributed by atoms with van der Waals surface area (Å²) in [4.78, 5) is 0. The van der Waals surface area contributed by atoms with Crippen molar-refractivity contribution in [2.45, 2.75) is 11.7 Å². The molecular formula is C20H18ClFN5OS-. The summed E-state index contributed by atoms with van der Waals surface area (Å²) in [6, 6.07) is 19.9. The van der Waals surface area contributed by atoms with Crippen LogP contribution in [0.25, 0.3) is 17.0 Å². The fraction of sp³-hybridized carbons (Fsp3) is 0.150. The molecule has 0 atom stereocenters. The topological polar surface area (TPSA) is 68.8 Å². The first-order valence-electron chi connectivity index (χ1n) is 8.81. The number of hydrogen-bond acceptors (Lipinski definition) is 6. The van der Waals surface area contributed by atoms with E-state index in [1.54, 1.807) is 28.6 Å². The number of furan rings is 1. The van der Waals surface area contributed by atoms with E-state index in [4.69, 9.17) is 4.42 Å². The highest BCUT2D eigenvalue weighted by Gasteiger charge is 2.08. The Kier molecular flexibility index (Phi) is 7.40. The molecule has 0 fully saturated rings. The van der Waals surface area contributed by atoms with Gasteiger partial charge in [0.25, 0.3) is 0 Å². The van der Waals surface area contributed by atoms with E-state index >= 15 is 0 Å². The van der Waals surface area contributed by atoms with E-state index in [-0.39, 0.29) is 18.2 Å². The average Bonchev–Trinajstić information content (AvgIpc) is 3.39. The summed E-state index contributed by atoms with van der Waals surface area (Å²) in [7, 11) is 0.